The van der Waals surface area contributed by atoms with Gasteiger partial charge in [-0.3, -0.25) is 0 Å². The van der Waals surface area contributed by atoms with E-state index in [0.29, 0.717) is 18.0 Å². The number of hydrogen-bond acceptors (Lipinski definition) is 4. The smallest absolute Gasteiger partial charge is 0.120 e. The second-order valence-corrected chi connectivity index (χ2v) is 4.43. The Morgan fingerprint density at radius 1 is 1.19 bits per heavy atom. The van der Waals surface area contributed by atoms with E-state index in [2.05, 4.69) is 9.80 Å². The molecule has 0 saturated heterocycles. The van der Waals surface area contributed by atoms with Crippen molar-refractivity contribution in [3.63, 3.8) is 0 Å². The molecule has 0 aliphatic heterocycles. The second-order valence-electron chi connectivity index (χ2n) is 4.43. The predicted octanol–water partition coefficient (Wildman–Crippen LogP) is 0.968. The Morgan fingerprint density at radius 2 is 1.88 bits per heavy atom. The van der Waals surface area contributed by atoms with Crippen molar-refractivity contribution in [2.75, 3.05) is 40.0 Å². The molecule has 0 aliphatic carbocycles. The summed E-state index contributed by atoms with van der Waals surface area (Å²) >= 11 is 0. The lowest BCUT2D eigenvalue weighted by molar-refractivity contribution is 0.273. The van der Waals surface area contributed by atoms with Gasteiger partial charge in [-0.25, -0.2) is 0 Å². The van der Waals surface area contributed by atoms with E-state index in [0.717, 1.165) is 18.7 Å². The van der Waals surface area contributed by atoms with E-state index in [1.54, 1.807) is 12.1 Å². The van der Waals surface area contributed by atoms with Crippen LogP contribution in [0.3, 0.4) is 0 Å². The molecule has 0 saturated carbocycles. The third-order valence-electron chi connectivity index (χ3n) is 2.47. The molecule has 0 bridgehead atoms. The molecule has 0 unspecified atom stereocenters. The molecule has 0 fully saturated rings. The SMILES string of the molecule is CN(C)CCN(C)Cc1cc(N)ccc1O. The van der Waals surface area contributed by atoms with Crippen molar-refractivity contribution in [1.29, 1.82) is 0 Å². The standard InChI is InChI=1S/C12H21N3O/c1-14(2)6-7-15(3)9-10-8-11(13)4-5-12(10)16/h4-5,8,16H,6-7,9,13H2,1-3H3. The minimum absolute atomic E-state index is 0.311. The summed E-state index contributed by atoms with van der Waals surface area (Å²) in [4.78, 5) is 4.30. The molecule has 0 aromatic heterocycles. The highest BCUT2D eigenvalue weighted by Gasteiger charge is 2.05. The fraction of sp³-hybridized carbons (Fsp3) is 0.500. The number of aromatic hydroxyl groups is 1. The second kappa shape index (κ2) is 5.72. The third kappa shape index (κ3) is 4.08. The Balaban J connectivity index is 2.55. The maximum atomic E-state index is 9.67. The third-order valence-corrected chi connectivity index (χ3v) is 2.47. The molecule has 4 nitrogen and oxygen atoms in total. The van der Waals surface area contributed by atoms with Gasteiger partial charge in [-0.1, -0.05) is 0 Å². The van der Waals surface area contributed by atoms with Gasteiger partial charge in [-0.05, 0) is 39.3 Å². The highest BCUT2D eigenvalue weighted by molar-refractivity contribution is 5.47. The van der Waals surface area contributed by atoms with Crippen molar-refractivity contribution in [3.05, 3.63) is 23.8 Å². The molecule has 0 spiro atoms. The molecular formula is C12H21N3O. The van der Waals surface area contributed by atoms with E-state index >= 15 is 0 Å². The zero-order valence-electron chi connectivity index (χ0n) is 10.3. The lowest BCUT2D eigenvalue weighted by atomic mass is 10.1. The lowest BCUT2D eigenvalue weighted by Crippen LogP contribution is -2.28. The van der Waals surface area contributed by atoms with Crippen molar-refractivity contribution < 1.29 is 5.11 Å². The Morgan fingerprint density at radius 3 is 2.50 bits per heavy atom. The first kappa shape index (κ1) is 12.8. The number of phenolic OH excluding ortho intramolecular Hbond substituents is 1. The fourth-order valence-electron chi connectivity index (χ4n) is 1.47. The molecule has 0 aliphatic rings. The number of nitrogen functional groups attached to an aromatic ring is 1. The largest absolute Gasteiger partial charge is 0.508 e. The maximum absolute atomic E-state index is 9.67. The van der Waals surface area contributed by atoms with Crippen LogP contribution in [-0.2, 0) is 6.54 Å². The number of nitrogens with two attached hydrogens (primary N) is 1. The Labute approximate surface area is 97.3 Å². The van der Waals surface area contributed by atoms with Crippen LogP contribution in [0.25, 0.3) is 0 Å². The molecule has 4 heteroatoms. The van der Waals surface area contributed by atoms with Crippen LogP contribution in [0.15, 0.2) is 18.2 Å². The van der Waals surface area contributed by atoms with Crippen LogP contribution in [0, 0.1) is 0 Å². The van der Waals surface area contributed by atoms with Gasteiger partial charge >= 0.3 is 0 Å². The van der Waals surface area contributed by atoms with Crippen LogP contribution < -0.4 is 5.73 Å². The van der Waals surface area contributed by atoms with Crippen molar-refractivity contribution in [1.82, 2.24) is 9.80 Å². The van der Waals surface area contributed by atoms with Gasteiger partial charge in [0.25, 0.3) is 0 Å². The number of likely N-dealkylation sites (N-methyl/N-ethyl adjacent to an activating group) is 2. The molecule has 0 heterocycles. The summed E-state index contributed by atoms with van der Waals surface area (Å²) in [5.41, 5.74) is 7.25. The van der Waals surface area contributed by atoms with Crippen LogP contribution in [-0.4, -0.2) is 49.1 Å². The number of benzene rings is 1. The highest BCUT2D eigenvalue weighted by atomic mass is 16.3. The van der Waals surface area contributed by atoms with Crippen LogP contribution >= 0.6 is 0 Å². The number of phenols is 1. The summed E-state index contributed by atoms with van der Waals surface area (Å²) in [6, 6.07) is 5.17. The first-order valence-corrected chi connectivity index (χ1v) is 5.39. The van der Waals surface area contributed by atoms with Crippen molar-refractivity contribution in [2.45, 2.75) is 6.54 Å². The number of anilines is 1. The number of hydrogen-bond donors (Lipinski definition) is 2. The minimum Gasteiger partial charge on any atom is -0.508 e. The van der Waals surface area contributed by atoms with Gasteiger partial charge in [0.15, 0.2) is 0 Å². The Hall–Kier alpha value is -1.26. The molecule has 0 atom stereocenters. The van der Waals surface area contributed by atoms with Crippen LogP contribution in [0.2, 0.25) is 0 Å². The molecule has 0 amide bonds. The first-order valence-electron chi connectivity index (χ1n) is 5.39. The average Bonchev–Trinajstić information content (AvgIpc) is 2.20. The normalized spacial score (nSPS) is 11.3. The van der Waals surface area contributed by atoms with E-state index in [1.807, 2.05) is 27.2 Å². The van der Waals surface area contributed by atoms with Gasteiger partial charge in [0.05, 0.1) is 0 Å². The Bertz CT molecular complexity index is 339. The van der Waals surface area contributed by atoms with Crippen molar-refractivity contribution >= 4 is 5.69 Å². The van der Waals surface area contributed by atoms with E-state index in [9.17, 15) is 5.11 Å². The summed E-state index contributed by atoms with van der Waals surface area (Å²) in [6.45, 7) is 2.67. The van der Waals surface area contributed by atoms with Crippen LogP contribution in [0.5, 0.6) is 5.75 Å². The zero-order valence-corrected chi connectivity index (χ0v) is 10.3. The Kier molecular flexibility index (Phi) is 4.58. The van der Waals surface area contributed by atoms with E-state index < -0.39 is 0 Å². The number of nitrogens with zero attached hydrogens (tertiary/aromatic N) is 2. The van der Waals surface area contributed by atoms with Gasteiger partial charge < -0.3 is 20.6 Å². The minimum atomic E-state index is 0.311. The zero-order chi connectivity index (χ0) is 12.1. The topological polar surface area (TPSA) is 52.7 Å². The number of rotatable bonds is 5. The van der Waals surface area contributed by atoms with Gasteiger partial charge in [-0.15, -0.1) is 0 Å². The summed E-state index contributed by atoms with van der Waals surface area (Å²) < 4.78 is 0. The van der Waals surface area contributed by atoms with Gasteiger partial charge in [-0.2, -0.15) is 0 Å². The molecular weight excluding hydrogens is 202 g/mol. The molecule has 3 N–H and O–H groups in total. The molecule has 90 valence electrons. The van der Waals surface area contributed by atoms with Gasteiger partial charge in [0.1, 0.15) is 5.75 Å². The van der Waals surface area contributed by atoms with E-state index in [4.69, 9.17) is 5.73 Å². The first-order chi connectivity index (χ1) is 7.49. The fourth-order valence-corrected chi connectivity index (χ4v) is 1.47. The van der Waals surface area contributed by atoms with Gasteiger partial charge in [0.2, 0.25) is 0 Å². The van der Waals surface area contributed by atoms with Crippen molar-refractivity contribution in [2.24, 2.45) is 0 Å². The monoisotopic (exact) mass is 223 g/mol. The van der Waals surface area contributed by atoms with Crippen molar-refractivity contribution in [3.8, 4) is 5.75 Å². The predicted molar refractivity (Wildman–Crippen MR) is 67.4 cm³/mol. The summed E-state index contributed by atoms with van der Waals surface area (Å²) in [7, 11) is 6.13. The maximum Gasteiger partial charge on any atom is 0.120 e. The summed E-state index contributed by atoms with van der Waals surface area (Å²) in [5.74, 6) is 0.311. The average molecular weight is 223 g/mol. The summed E-state index contributed by atoms with van der Waals surface area (Å²) in [6.07, 6.45) is 0. The molecule has 1 rings (SSSR count). The molecule has 0 radical (unpaired) electrons. The molecule has 1 aromatic rings. The quantitative estimate of drug-likeness (QED) is 0.577. The summed E-state index contributed by atoms with van der Waals surface area (Å²) in [5, 5.41) is 9.67. The molecule has 1 aromatic carbocycles. The van der Waals surface area contributed by atoms with E-state index in [-0.39, 0.29) is 0 Å². The van der Waals surface area contributed by atoms with E-state index in [1.165, 1.54) is 0 Å². The lowest BCUT2D eigenvalue weighted by Gasteiger charge is -2.19. The molecule has 16 heavy (non-hydrogen) atoms. The van der Waals surface area contributed by atoms with Crippen LogP contribution in [0.4, 0.5) is 5.69 Å². The van der Waals surface area contributed by atoms with Gasteiger partial charge in [0, 0.05) is 30.9 Å². The van der Waals surface area contributed by atoms with Crippen LogP contribution in [0.1, 0.15) is 5.56 Å². The highest BCUT2D eigenvalue weighted by Crippen LogP contribution is 2.20.